The second-order valence-electron chi connectivity index (χ2n) is 16.1. The fourth-order valence-electron chi connectivity index (χ4n) is 8.66. The highest BCUT2D eigenvalue weighted by Crippen LogP contribution is 2.68. The fourth-order valence-corrected chi connectivity index (χ4v) is 8.66. The molecule has 6 rings (SSSR count). The number of nitrogens with one attached hydrogen (secondary N) is 1. The van der Waals surface area contributed by atoms with E-state index in [1.165, 1.54) is 0 Å². The van der Waals surface area contributed by atoms with Gasteiger partial charge in [0.05, 0.1) is 24.2 Å². The van der Waals surface area contributed by atoms with Crippen molar-refractivity contribution < 1.29 is 32.6 Å². The van der Waals surface area contributed by atoms with Crippen molar-refractivity contribution in [1.82, 2.24) is 20.2 Å². The number of amides is 1. The molecule has 0 spiro atoms. The van der Waals surface area contributed by atoms with Gasteiger partial charge in [0.2, 0.25) is 5.88 Å². The normalized spacial score (nSPS) is 33.8. The molecule has 2 aliphatic carbocycles. The van der Waals surface area contributed by atoms with E-state index in [-0.39, 0.29) is 47.5 Å². The number of methoxy groups -OCH3 is 1. The van der Waals surface area contributed by atoms with E-state index in [2.05, 4.69) is 24.1 Å². The quantitative estimate of drug-likeness (QED) is 0.352. The van der Waals surface area contributed by atoms with E-state index in [0.29, 0.717) is 43.1 Å². The van der Waals surface area contributed by atoms with Crippen LogP contribution in [0, 0.1) is 35.0 Å². The van der Waals surface area contributed by atoms with E-state index in [1.54, 1.807) is 7.11 Å². The van der Waals surface area contributed by atoms with Gasteiger partial charge in [-0.1, -0.05) is 60.8 Å². The smallest absolute Gasteiger partial charge is 0.407 e. The maximum absolute atomic E-state index is 14.6. The van der Waals surface area contributed by atoms with Crippen molar-refractivity contribution >= 4 is 22.9 Å². The van der Waals surface area contributed by atoms with Crippen molar-refractivity contribution in [2.75, 3.05) is 20.2 Å². The number of carbonyl (C=O) groups is 2. The number of hydrogen-bond acceptors (Lipinski definition) is 8. The molecule has 1 amide bonds. The predicted molar refractivity (Wildman–Crippen MR) is 183 cm³/mol. The van der Waals surface area contributed by atoms with Gasteiger partial charge in [-0.15, -0.1) is 0 Å². The molecule has 2 bridgehead atoms. The van der Waals surface area contributed by atoms with Crippen LogP contribution in [0.3, 0.4) is 0 Å². The Kier molecular flexibility index (Phi) is 10.1. The fraction of sp³-hybridized carbons (Fsp3) is 0.737. The summed E-state index contributed by atoms with van der Waals surface area (Å²) >= 11 is 0. The number of carbonyl (C=O) groups excluding carboxylic acids is 2. The zero-order valence-electron chi connectivity index (χ0n) is 30.1. The van der Waals surface area contributed by atoms with E-state index >= 15 is 0 Å². The van der Waals surface area contributed by atoms with Crippen LogP contribution < -0.4 is 14.8 Å². The lowest BCUT2D eigenvalue weighted by Crippen LogP contribution is -2.54. The number of alkyl halides is 2. The molecule has 1 N–H and O–H groups in total. The molecule has 4 aliphatic rings. The van der Waals surface area contributed by atoms with Crippen LogP contribution in [-0.2, 0) is 16.0 Å². The molecule has 11 heteroatoms. The minimum absolute atomic E-state index is 0.126. The Balaban J connectivity index is 1.35. The summed E-state index contributed by atoms with van der Waals surface area (Å²) in [6.45, 7) is 13.2. The highest BCUT2D eigenvalue weighted by molar-refractivity contribution is 5.86. The Labute approximate surface area is 289 Å². The molecule has 10 unspecified atom stereocenters. The molecular formula is C38H54F2N4O5. The number of rotatable bonds is 5. The first-order chi connectivity index (χ1) is 23.2. The molecule has 1 aromatic heterocycles. The number of ether oxygens (including phenoxy) is 3. The topological polar surface area (TPSA) is 103 Å². The highest BCUT2D eigenvalue weighted by atomic mass is 19.3. The predicted octanol–water partition coefficient (Wildman–Crippen LogP) is 7.24. The average Bonchev–Trinajstić information content (AvgIpc) is 3.26. The van der Waals surface area contributed by atoms with Gasteiger partial charge in [-0.2, -0.15) is 0 Å². The van der Waals surface area contributed by atoms with Crippen molar-refractivity contribution in [2.45, 2.75) is 123 Å². The van der Waals surface area contributed by atoms with E-state index in [9.17, 15) is 18.4 Å². The SMILES string of the molecule is CCCC(C)C(=O)C1C(C)C2CN1CC(C(C)(C)C)NC(=O)OC1CC3C(C1CCCCCc1nc4ccc(OC)cc4nc1O2)C3(F)F. The third-order valence-electron chi connectivity index (χ3n) is 11.7. The molecule has 1 aromatic carbocycles. The van der Waals surface area contributed by atoms with E-state index in [1.807, 2.05) is 45.9 Å². The molecule has 10 atom stereocenters. The number of hydrogen-bond donors (Lipinski definition) is 1. The van der Waals surface area contributed by atoms with Crippen LogP contribution in [0.25, 0.3) is 11.0 Å². The van der Waals surface area contributed by atoms with E-state index in [0.717, 1.165) is 43.3 Å². The molecular weight excluding hydrogens is 630 g/mol. The van der Waals surface area contributed by atoms with Crippen molar-refractivity contribution in [1.29, 1.82) is 0 Å². The first-order valence-electron chi connectivity index (χ1n) is 18.4. The number of aryl methyl sites for hydroxylation is 1. The molecule has 2 aromatic rings. The Morgan fingerprint density at radius 3 is 2.61 bits per heavy atom. The first kappa shape index (κ1) is 35.7. The van der Waals surface area contributed by atoms with Crippen LogP contribution in [-0.4, -0.2) is 77.2 Å². The molecule has 49 heavy (non-hydrogen) atoms. The number of nitrogens with zero attached hydrogens (tertiary/aromatic N) is 3. The van der Waals surface area contributed by atoms with Gasteiger partial charge in [-0.25, -0.2) is 23.5 Å². The number of alkyl carbamates (subject to hydrolysis) is 1. The second-order valence-corrected chi connectivity index (χ2v) is 16.1. The van der Waals surface area contributed by atoms with Gasteiger partial charge in [0.1, 0.15) is 23.7 Å². The van der Waals surface area contributed by atoms with Crippen molar-refractivity contribution in [3.8, 4) is 11.6 Å². The molecule has 1 saturated heterocycles. The zero-order valence-corrected chi connectivity index (χ0v) is 30.1. The Morgan fingerprint density at radius 2 is 1.90 bits per heavy atom. The van der Waals surface area contributed by atoms with Gasteiger partial charge in [0.25, 0.3) is 5.92 Å². The third-order valence-corrected chi connectivity index (χ3v) is 11.7. The summed E-state index contributed by atoms with van der Waals surface area (Å²) in [4.78, 5) is 39.7. The molecule has 3 fully saturated rings. The first-order valence-corrected chi connectivity index (χ1v) is 18.4. The number of benzene rings is 1. The number of halogens is 2. The summed E-state index contributed by atoms with van der Waals surface area (Å²) in [6, 6.07) is 4.81. The summed E-state index contributed by atoms with van der Waals surface area (Å²) in [5.74, 6) is -3.46. The number of aromatic nitrogens is 2. The minimum atomic E-state index is -2.68. The van der Waals surface area contributed by atoms with Crippen LogP contribution >= 0.6 is 0 Å². The monoisotopic (exact) mass is 684 g/mol. The minimum Gasteiger partial charge on any atom is -0.497 e. The Hall–Kier alpha value is -3.08. The van der Waals surface area contributed by atoms with Gasteiger partial charge in [0.15, 0.2) is 5.78 Å². The van der Waals surface area contributed by atoms with Crippen LogP contribution in [0.4, 0.5) is 13.6 Å². The van der Waals surface area contributed by atoms with Crippen molar-refractivity contribution in [3.05, 3.63) is 23.9 Å². The standard InChI is InChI=1S/C38H54F2N4O5/c1-8-12-21(2)34(45)33-22(3)30-19-44(33)20-31(37(4,5)6)43-36(46)49-29-18-25-32(38(25,39)40)24(29)13-10-9-11-14-27-35(48-30)42-28-17-23(47-7)15-16-26(28)41-27/h15-17,21-22,24-25,29-33H,8-14,18-20H2,1-7H3,(H,43,46). The van der Waals surface area contributed by atoms with E-state index in [4.69, 9.17) is 24.2 Å². The van der Waals surface area contributed by atoms with Gasteiger partial charge < -0.3 is 19.5 Å². The maximum Gasteiger partial charge on any atom is 0.407 e. The van der Waals surface area contributed by atoms with Crippen molar-refractivity contribution in [3.63, 3.8) is 0 Å². The molecule has 2 saturated carbocycles. The molecule has 3 heterocycles. The lowest BCUT2D eigenvalue weighted by molar-refractivity contribution is -0.128. The number of fused-ring (bicyclic) bond motifs is 7. The van der Waals surface area contributed by atoms with Crippen LogP contribution in [0.5, 0.6) is 11.6 Å². The van der Waals surface area contributed by atoms with E-state index < -0.39 is 36.0 Å². The Bertz CT molecular complexity index is 1530. The lowest BCUT2D eigenvalue weighted by Gasteiger charge is -2.37. The highest BCUT2D eigenvalue weighted by Gasteiger charge is 2.76. The van der Waals surface area contributed by atoms with Crippen LogP contribution in [0.1, 0.15) is 92.2 Å². The number of Topliss-reactive ketones (excluding diaryl/α,β-unsaturated/α-hetero) is 1. The van der Waals surface area contributed by atoms with Gasteiger partial charge in [-0.3, -0.25) is 9.69 Å². The second kappa shape index (κ2) is 13.9. The van der Waals surface area contributed by atoms with Gasteiger partial charge in [0, 0.05) is 54.8 Å². The summed E-state index contributed by atoms with van der Waals surface area (Å²) < 4.78 is 47.5. The summed E-state index contributed by atoms with van der Waals surface area (Å²) in [5.41, 5.74) is 1.77. The summed E-state index contributed by atoms with van der Waals surface area (Å²) in [7, 11) is 1.61. The largest absolute Gasteiger partial charge is 0.497 e. The molecule has 9 nitrogen and oxygen atoms in total. The zero-order chi connectivity index (χ0) is 35.2. The van der Waals surface area contributed by atoms with Crippen LogP contribution in [0.15, 0.2) is 18.2 Å². The molecule has 270 valence electrons. The molecule has 0 radical (unpaired) electrons. The summed E-state index contributed by atoms with van der Waals surface area (Å²) in [5, 5.41) is 3.11. The van der Waals surface area contributed by atoms with Crippen LogP contribution in [0.2, 0.25) is 0 Å². The average molecular weight is 685 g/mol. The Morgan fingerprint density at radius 1 is 1.12 bits per heavy atom. The summed E-state index contributed by atoms with van der Waals surface area (Å²) in [6.07, 6.45) is 4.00. The third kappa shape index (κ3) is 7.24. The molecule has 2 aliphatic heterocycles. The maximum atomic E-state index is 14.6. The van der Waals surface area contributed by atoms with Gasteiger partial charge in [-0.05, 0) is 49.7 Å². The number of ketones is 1. The van der Waals surface area contributed by atoms with Crippen molar-refractivity contribution in [2.24, 2.45) is 35.0 Å². The van der Waals surface area contributed by atoms with Gasteiger partial charge >= 0.3 is 6.09 Å². The lowest BCUT2D eigenvalue weighted by atomic mass is 9.85.